The molecule has 1 saturated carbocycles. The topological polar surface area (TPSA) is 67.4 Å². The molecular formula is C14H24N2O3S2. The molecule has 1 aromatic heterocycles. The zero-order chi connectivity index (χ0) is 15.3. The van der Waals surface area contributed by atoms with E-state index < -0.39 is 10.0 Å². The highest BCUT2D eigenvalue weighted by molar-refractivity contribution is 7.91. The molecule has 0 atom stereocenters. The Morgan fingerprint density at radius 2 is 2.19 bits per heavy atom. The van der Waals surface area contributed by atoms with Crippen LogP contribution in [0.5, 0.6) is 0 Å². The number of ether oxygens (including phenoxy) is 1. The van der Waals surface area contributed by atoms with Gasteiger partial charge in [-0.2, -0.15) is 0 Å². The second-order valence-electron chi connectivity index (χ2n) is 5.73. The molecular weight excluding hydrogens is 308 g/mol. The fourth-order valence-electron chi connectivity index (χ4n) is 1.76. The molecule has 0 amide bonds. The molecule has 0 saturated heterocycles. The molecule has 1 fully saturated rings. The van der Waals surface area contributed by atoms with Crippen LogP contribution >= 0.6 is 11.3 Å². The summed E-state index contributed by atoms with van der Waals surface area (Å²) in [6.45, 7) is 6.33. The van der Waals surface area contributed by atoms with Gasteiger partial charge in [-0.25, -0.2) is 13.1 Å². The standard InChI is InChI=1S/C14H24N2O3S2/c1-11(2)15-8-13-7-14(20-10-13)21(17,18)16-5-6-19-9-12-3-4-12/h7,10-12,15-16H,3-6,8-9H2,1-2H3. The van der Waals surface area contributed by atoms with E-state index in [4.69, 9.17) is 4.74 Å². The lowest BCUT2D eigenvalue weighted by atomic mass is 10.3. The number of hydrogen-bond donors (Lipinski definition) is 2. The molecule has 2 rings (SSSR count). The normalized spacial score (nSPS) is 15.8. The van der Waals surface area contributed by atoms with E-state index in [1.54, 1.807) is 6.07 Å². The van der Waals surface area contributed by atoms with Crippen molar-refractivity contribution in [3.63, 3.8) is 0 Å². The van der Waals surface area contributed by atoms with E-state index in [-0.39, 0.29) is 0 Å². The molecule has 1 aliphatic rings. The van der Waals surface area contributed by atoms with Gasteiger partial charge in [-0.1, -0.05) is 13.8 Å². The fourth-order valence-corrected chi connectivity index (χ4v) is 4.03. The molecule has 1 heterocycles. The average Bonchev–Trinajstić information content (AvgIpc) is 3.11. The summed E-state index contributed by atoms with van der Waals surface area (Å²) in [6, 6.07) is 2.11. The van der Waals surface area contributed by atoms with Gasteiger partial charge in [0.05, 0.1) is 6.61 Å². The molecule has 0 bridgehead atoms. The van der Waals surface area contributed by atoms with Gasteiger partial charge >= 0.3 is 0 Å². The third-order valence-corrected chi connectivity index (χ3v) is 6.15. The van der Waals surface area contributed by atoms with Crippen molar-refractivity contribution in [3.8, 4) is 0 Å². The number of nitrogens with one attached hydrogen (secondary N) is 2. The van der Waals surface area contributed by atoms with Crippen LogP contribution in [-0.2, 0) is 21.3 Å². The van der Waals surface area contributed by atoms with Crippen molar-refractivity contribution in [3.05, 3.63) is 17.0 Å². The molecule has 0 aliphatic heterocycles. The van der Waals surface area contributed by atoms with E-state index in [9.17, 15) is 8.42 Å². The highest BCUT2D eigenvalue weighted by atomic mass is 32.2. The first-order chi connectivity index (χ1) is 9.97. The molecule has 2 N–H and O–H groups in total. The van der Waals surface area contributed by atoms with Crippen molar-refractivity contribution in [2.45, 2.75) is 43.5 Å². The van der Waals surface area contributed by atoms with Gasteiger partial charge in [-0.3, -0.25) is 0 Å². The predicted octanol–water partition coefficient (Wildman–Crippen LogP) is 1.95. The maximum absolute atomic E-state index is 12.1. The van der Waals surface area contributed by atoms with Crippen molar-refractivity contribution in [1.29, 1.82) is 0 Å². The average molecular weight is 332 g/mol. The van der Waals surface area contributed by atoms with E-state index >= 15 is 0 Å². The van der Waals surface area contributed by atoms with Gasteiger partial charge in [-0.05, 0) is 35.8 Å². The largest absolute Gasteiger partial charge is 0.380 e. The molecule has 0 aromatic carbocycles. The minimum atomic E-state index is -3.40. The van der Waals surface area contributed by atoms with Crippen LogP contribution in [0, 0.1) is 5.92 Å². The third kappa shape index (κ3) is 6.04. The minimum Gasteiger partial charge on any atom is -0.380 e. The summed E-state index contributed by atoms with van der Waals surface area (Å²) in [5.74, 6) is 0.704. The van der Waals surface area contributed by atoms with Gasteiger partial charge in [0, 0.05) is 25.7 Å². The van der Waals surface area contributed by atoms with Crippen LogP contribution < -0.4 is 10.0 Å². The Labute approximate surface area is 131 Å². The summed E-state index contributed by atoms with van der Waals surface area (Å²) in [7, 11) is -3.40. The number of sulfonamides is 1. The Bertz CT molecular complexity index is 536. The van der Waals surface area contributed by atoms with Crippen molar-refractivity contribution < 1.29 is 13.2 Å². The molecule has 0 radical (unpaired) electrons. The van der Waals surface area contributed by atoms with Crippen LogP contribution in [0.2, 0.25) is 0 Å². The summed E-state index contributed by atoms with van der Waals surface area (Å²) < 4.78 is 32.6. The van der Waals surface area contributed by atoms with Gasteiger partial charge in [0.15, 0.2) is 0 Å². The highest BCUT2D eigenvalue weighted by Crippen LogP contribution is 2.28. The Balaban J connectivity index is 1.75. The minimum absolute atomic E-state index is 0.326. The fraction of sp³-hybridized carbons (Fsp3) is 0.714. The number of thiophene rings is 1. The summed E-state index contributed by atoms with van der Waals surface area (Å²) >= 11 is 1.26. The van der Waals surface area contributed by atoms with Crippen molar-refractivity contribution in [2.75, 3.05) is 19.8 Å². The third-order valence-electron chi connectivity index (χ3n) is 3.20. The molecule has 1 aromatic rings. The quantitative estimate of drug-likeness (QED) is 0.643. The summed E-state index contributed by atoms with van der Waals surface area (Å²) in [4.78, 5) is 0. The molecule has 7 heteroatoms. The van der Waals surface area contributed by atoms with E-state index in [0.29, 0.717) is 35.9 Å². The summed E-state index contributed by atoms with van der Waals surface area (Å²) in [6.07, 6.45) is 2.49. The Morgan fingerprint density at radius 3 is 2.86 bits per heavy atom. The predicted molar refractivity (Wildman–Crippen MR) is 85.0 cm³/mol. The second-order valence-corrected chi connectivity index (χ2v) is 8.63. The number of rotatable bonds is 10. The maximum Gasteiger partial charge on any atom is 0.250 e. The maximum atomic E-state index is 12.1. The van der Waals surface area contributed by atoms with E-state index in [1.165, 1.54) is 24.2 Å². The van der Waals surface area contributed by atoms with Crippen molar-refractivity contribution in [1.82, 2.24) is 10.0 Å². The van der Waals surface area contributed by atoms with Crippen LogP contribution in [0.15, 0.2) is 15.7 Å². The lowest BCUT2D eigenvalue weighted by Crippen LogP contribution is -2.27. The monoisotopic (exact) mass is 332 g/mol. The lowest BCUT2D eigenvalue weighted by Gasteiger charge is -2.06. The van der Waals surface area contributed by atoms with Crippen molar-refractivity contribution in [2.24, 2.45) is 5.92 Å². The second kappa shape index (κ2) is 7.69. The highest BCUT2D eigenvalue weighted by Gasteiger charge is 2.21. The summed E-state index contributed by atoms with van der Waals surface area (Å²) in [5.41, 5.74) is 0.999. The van der Waals surface area contributed by atoms with Gasteiger partial charge in [0.2, 0.25) is 10.0 Å². The Kier molecular flexibility index (Phi) is 6.19. The van der Waals surface area contributed by atoms with Crippen LogP contribution in [0.25, 0.3) is 0 Å². The Hall–Kier alpha value is -0.470. The zero-order valence-electron chi connectivity index (χ0n) is 12.6. The van der Waals surface area contributed by atoms with Crippen molar-refractivity contribution >= 4 is 21.4 Å². The van der Waals surface area contributed by atoms with Gasteiger partial charge in [0.1, 0.15) is 4.21 Å². The first-order valence-electron chi connectivity index (χ1n) is 7.35. The lowest BCUT2D eigenvalue weighted by molar-refractivity contribution is 0.129. The first kappa shape index (κ1) is 16.9. The molecule has 0 unspecified atom stereocenters. The molecule has 120 valence electrons. The van der Waals surface area contributed by atoms with Crippen LogP contribution in [0.3, 0.4) is 0 Å². The summed E-state index contributed by atoms with van der Waals surface area (Å²) in [5, 5.41) is 5.16. The molecule has 5 nitrogen and oxygen atoms in total. The molecule has 1 aliphatic carbocycles. The van der Waals surface area contributed by atoms with Gasteiger partial charge < -0.3 is 10.1 Å². The van der Waals surface area contributed by atoms with Crippen LogP contribution in [-0.4, -0.2) is 34.2 Å². The SMILES string of the molecule is CC(C)NCc1csc(S(=O)(=O)NCCOCC2CC2)c1. The van der Waals surface area contributed by atoms with E-state index in [1.807, 2.05) is 5.38 Å². The zero-order valence-corrected chi connectivity index (χ0v) is 14.2. The van der Waals surface area contributed by atoms with Crippen LogP contribution in [0.4, 0.5) is 0 Å². The van der Waals surface area contributed by atoms with Gasteiger partial charge in [0.25, 0.3) is 0 Å². The van der Waals surface area contributed by atoms with Crippen LogP contribution in [0.1, 0.15) is 32.3 Å². The van der Waals surface area contributed by atoms with E-state index in [2.05, 4.69) is 23.9 Å². The first-order valence-corrected chi connectivity index (χ1v) is 9.72. The molecule has 0 spiro atoms. The number of hydrogen-bond acceptors (Lipinski definition) is 5. The smallest absolute Gasteiger partial charge is 0.250 e. The van der Waals surface area contributed by atoms with Gasteiger partial charge in [-0.15, -0.1) is 11.3 Å². The van der Waals surface area contributed by atoms with E-state index in [0.717, 1.165) is 12.2 Å². The molecule has 21 heavy (non-hydrogen) atoms. The Morgan fingerprint density at radius 1 is 1.43 bits per heavy atom.